The first-order chi connectivity index (χ1) is 32.6. The number of phenols is 1. The standard InChI is InChI=1S/C55H64N6O7/c1-9-35(3)51(46-30-56-21-19-40(46)33-67-8)45-29-55(5,6)34-68-54(66)47-15-13-22-61(58-47)53(65)48(26-38-24-41(27-42(62)25-38)39-18-17-36(4)44(45)28-39)57-52(64)43-14-11-12-16-49(43)59(7)31-37-20-23-60(32-37)50(63)10-2/h9-12,14,16-19,21,24-25,27-28,30,37,48,62H,2,13,15,20,22-23,26,29,31-34H2,1,3-8H3,(H,57,64)/b35-9+,51-45+/t37-,48+/m1/s1. The first-order valence-corrected chi connectivity index (χ1v) is 23.4. The topological polar surface area (TPSA) is 154 Å². The van der Waals surface area contributed by atoms with Crippen molar-refractivity contribution in [3.8, 4) is 16.9 Å². The molecular formula is C55H64N6O7. The van der Waals surface area contributed by atoms with Crippen molar-refractivity contribution < 1.29 is 33.8 Å². The average Bonchev–Trinajstić information content (AvgIpc) is 3.81. The number of carbonyl (C=O) groups excluding carboxylic acids is 4. The van der Waals surface area contributed by atoms with Crippen LogP contribution in [0.5, 0.6) is 5.75 Å². The molecule has 4 heterocycles. The lowest BCUT2D eigenvalue weighted by Gasteiger charge is -2.31. The Morgan fingerprint density at radius 1 is 1.06 bits per heavy atom. The Kier molecular flexibility index (Phi) is 15.4. The number of aryl methyl sites for hydroxylation is 1. The minimum absolute atomic E-state index is 0.00161. The number of benzene rings is 3. The maximum atomic E-state index is 14.7. The summed E-state index contributed by atoms with van der Waals surface area (Å²) in [5.41, 5.74) is 9.72. The lowest BCUT2D eigenvalue weighted by molar-refractivity contribution is -0.139. The molecule has 3 aromatic carbocycles. The van der Waals surface area contributed by atoms with E-state index >= 15 is 0 Å². The predicted molar refractivity (Wildman–Crippen MR) is 267 cm³/mol. The van der Waals surface area contributed by atoms with Gasteiger partial charge in [-0.25, -0.2) is 9.80 Å². The molecule has 7 rings (SSSR count). The van der Waals surface area contributed by atoms with E-state index < -0.39 is 29.2 Å². The van der Waals surface area contributed by atoms with Crippen LogP contribution in [0.25, 0.3) is 22.3 Å². The number of hydrogen-bond donors (Lipinski definition) is 2. The van der Waals surface area contributed by atoms with Crippen molar-refractivity contribution in [2.45, 2.75) is 79.4 Å². The summed E-state index contributed by atoms with van der Waals surface area (Å²) in [5.74, 6) is -1.48. The number of methoxy groups -OCH3 is 1. The molecule has 2 atom stereocenters. The summed E-state index contributed by atoms with van der Waals surface area (Å²) >= 11 is 0. The normalized spacial score (nSPS) is 19.6. The van der Waals surface area contributed by atoms with Gasteiger partial charge in [0, 0.05) is 82.2 Å². The first kappa shape index (κ1) is 49.1. The molecule has 3 amide bonds. The van der Waals surface area contributed by atoms with E-state index in [1.54, 1.807) is 42.5 Å². The number of esters is 1. The van der Waals surface area contributed by atoms with Crippen molar-refractivity contribution >= 4 is 46.2 Å². The number of aromatic nitrogens is 1. The number of pyridine rings is 1. The van der Waals surface area contributed by atoms with Crippen LogP contribution in [0.3, 0.4) is 0 Å². The molecule has 13 heteroatoms. The van der Waals surface area contributed by atoms with Crippen LogP contribution in [-0.2, 0) is 36.9 Å². The molecule has 0 aliphatic carbocycles. The largest absolute Gasteiger partial charge is 0.508 e. The number of likely N-dealkylation sites (tertiary alicyclic amines) is 1. The van der Waals surface area contributed by atoms with Crippen LogP contribution in [0.4, 0.5) is 5.69 Å². The van der Waals surface area contributed by atoms with Crippen LogP contribution in [0.1, 0.15) is 91.6 Å². The van der Waals surface area contributed by atoms with Gasteiger partial charge in [0.15, 0.2) is 0 Å². The van der Waals surface area contributed by atoms with Crippen molar-refractivity contribution in [3.63, 3.8) is 0 Å². The van der Waals surface area contributed by atoms with Crippen LogP contribution < -0.4 is 10.2 Å². The fourth-order valence-corrected chi connectivity index (χ4v) is 9.56. The molecule has 2 N–H and O–H groups in total. The zero-order valence-electron chi connectivity index (χ0n) is 40.4. The molecule has 4 aromatic rings. The van der Waals surface area contributed by atoms with Crippen molar-refractivity contribution in [2.75, 3.05) is 51.8 Å². The van der Waals surface area contributed by atoms with E-state index in [9.17, 15) is 24.3 Å². The van der Waals surface area contributed by atoms with Gasteiger partial charge in [-0.05, 0) is 139 Å². The third kappa shape index (κ3) is 11.3. The van der Waals surface area contributed by atoms with Crippen molar-refractivity contribution in [1.29, 1.82) is 0 Å². The van der Waals surface area contributed by atoms with Gasteiger partial charge in [-0.3, -0.25) is 19.4 Å². The first-order valence-electron chi connectivity index (χ1n) is 23.4. The van der Waals surface area contributed by atoms with Crippen LogP contribution in [0.15, 0.2) is 109 Å². The van der Waals surface area contributed by atoms with Crippen molar-refractivity contribution in [3.05, 3.63) is 137 Å². The molecule has 1 aromatic heterocycles. The molecule has 356 valence electrons. The number of carbonyl (C=O) groups is 4. The Morgan fingerprint density at radius 3 is 2.62 bits per heavy atom. The molecule has 0 unspecified atom stereocenters. The second kappa shape index (κ2) is 21.4. The van der Waals surface area contributed by atoms with Crippen LogP contribution in [-0.4, -0.2) is 102 Å². The smallest absolute Gasteiger partial charge is 0.354 e. The fraction of sp³-hybridized carbons (Fsp3) is 0.382. The van der Waals surface area contributed by atoms with Crippen LogP contribution >= 0.6 is 0 Å². The molecule has 0 saturated carbocycles. The minimum Gasteiger partial charge on any atom is -0.508 e. The number of phenolic OH excluding ortho intramolecular Hbond substituents is 1. The van der Waals surface area contributed by atoms with E-state index in [4.69, 9.17) is 9.47 Å². The van der Waals surface area contributed by atoms with Gasteiger partial charge in [-0.1, -0.05) is 56.8 Å². The highest BCUT2D eigenvalue weighted by molar-refractivity contribution is 6.36. The van der Waals surface area contributed by atoms with Gasteiger partial charge in [0.05, 0.1) is 18.8 Å². The molecule has 0 spiro atoms. The number of nitrogens with zero attached hydrogens (tertiary/aromatic N) is 5. The van der Waals surface area contributed by atoms with E-state index in [0.717, 1.165) is 56.5 Å². The molecule has 3 aliphatic rings. The Morgan fingerprint density at radius 2 is 1.85 bits per heavy atom. The lowest BCUT2D eigenvalue weighted by Crippen LogP contribution is -2.50. The number of hydrogen-bond acceptors (Lipinski definition) is 10. The number of hydrazone groups is 1. The number of allylic oxidation sites excluding steroid dienone is 4. The van der Waals surface area contributed by atoms with E-state index in [0.29, 0.717) is 62.3 Å². The maximum absolute atomic E-state index is 14.7. The van der Waals surface area contributed by atoms with Crippen LogP contribution in [0.2, 0.25) is 0 Å². The van der Waals surface area contributed by atoms with E-state index in [1.807, 2.05) is 55.4 Å². The van der Waals surface area contributed by atoms with Gasteiger partial charge >= 0.3 is 5.97 Å². The Hall–Kier alpha value is -6.86. The maximum Gasteiger partial charge on any atom is 0.354 e. The number of ether oxygens (including phenoxy) is 2. The molecule has 68 heavy (non-hydrogen) atoms. The Bertz CT molecular complexity index is 2680. The Balaban J connectivity index is 1.32. The lowest BCUT2D eigenvalue weighted by atomic mass is 9.77. The Labute approximate surface area is 400 Å². The van der Waals surface area contributed by atoms with Gasteiger partial charge in [0.25, 0.3) is 11.8 Å². The number of nitrogens with one attached hydrogen (secondary N) is 1. The predicted octanol–water partition coefficient (Wildman–Crippen LogP) is 8.55. The second-order valence-corrected chi connectivity index (χ2v) is 19.0. The molecule has 13 nitrogen and oxygen atoms in total. The fourth-order valence-electron chi connectivity index (χ4n) is 9.56. The zero-order valence-corrected chi connectivity index (χ0v) is 40.4. The number of aromatic hydroxyl groups is 1. The number of anilines is 1. The summed E-state index contributed by atoms with van der Waals surface area (Å²) in [6.45, 7) is 16.5. The molecule has 0 radical (unpaired) electrons. The monoisotopic (exact) mass is 920 g/mol. The SMILES string of the molecule is C=CC(=O)N1CC[C@H](CN(C)c2ccccc2C(=O)N[C@H]2Cc3cc(O)cc(c3)-c3ccc(C)c(c3)/C(=C(\C(C)=C\C)c3cnccc3COC)CC(C)(C)COC(=O)C3=NN(CCC3)C2=O)C1. The van der Waals surface area contributed by atoms with Gasteiger partial charge in [-0.15, -0.1) is 0 Å². The van der Waals surface area contributed by atoms with E-state index in [2.05, 4.69) is 67.9 Å². The van der Waals surface area contributed by atoms with Crippen LogP contribution in [0, 0.1) is 18.3 Å². The van der Waals surface area contributed by atoms with Crippen molar-refractivity contribution in [1.82, 2.24) is 20.2 Å². The molecule has 1 fully saturated rings. The quantitative estimate of drug-likeness (QED) is 0.118. The van der Waals surface area contributed by atoms with E-state index in [1.165, 1.54) is 11.1 Å². The number of para-hydroxylation sites is 1. The van der Waals surface area contributed by atoms with Crippen molar-refractivity contribution in [2.24, 2.45) is 16.4 Å². The summed E-state index contributed by atoms with van der Waals surface area (Å²) < 4.78 is 11.8. The number of fused-ring (bicyclic) bond motifs is 6. The molecule has 1 saturated heterocycles. The summed E-state index contributed by atoms with van der Waals surface area (Å²) in [4.78, 5) is 63.9. The molecule has 3 aliphatic heterocycles. The summed E-state index contributed by atoms with van der Waals surface area (Å²) in [5, 5.41) is 20.3. The summed E-state index contributed by atoms with van der Waals surface area (Å²) in [7, 11) is 3.59. The number of amides is 3. The third-order valence-electron chi connectivity index (χ3n) is 13.2. The summed E-state index contributed by atoms with van der Waals surface area (Å²) in [6, 6.07) is 19.5. The van der Waals surface area contributed by atoms with E-state index in [-0.39, 0.29) is 42.9 Å². The highest BCUT2D eigenvalue weighted by Gasteiger charge is 2.34. The third-order valence-corrected chi connectivity index (χ3v) is 13.2. The van der Waals surface area contributed by atoms with Gasteiger partial charge in [0.1, 0.15) is 17.5 Å². The number of rotatable bonds is 10. The van der Waals surface area contributed by atoms with Gasteiger partial charge < -0.3 is 29.7 Å². The number of cyclic esters (lactones) is 1. The molecular weight excluding hydrogens is 857 g/mol. The second-order valence-electron chi connectivity index (χ2n) is 19.0. The van der Waals surface area contributed by atoms with Gasteiger partial charge in [-0.2, -0.15) is 5.10 Å². The minimum atomic E-state index is -1.14. The molecule has 6 bridgehead atoms. The zero-order chi connectivity index (χ0) is 48.7. The average molecular weight is 921 g/mol. The highest BCUT2D eigenvalue weighted by Crippen LogP contribution is 2.43. The van der Waals surface area contributed by atoms with Gasteiger partial charge in [0.2, 0.25) is 5.91 Å². The highest BCUT2D eigenvalue weighted by atomic mass is 16.5. The summed E-state index contributed by atoms with van der Waals surface area (Å²) in [6.07, 6.45) is 9.19.